The van der Waals surface area contributed by atoms with E-state index in [4.69, 9.17) is 11.6 Å². The fourth-order valence-electron chi connectivity index (χ4n) is 3.27. The van der Waals surface area contributed by atoms with Gasteiger partial charge in [-0.2, -0.15) is 0 Å². The predicted octanol–water partition coefficient (Wildman–Crippen LogP) is 0.732. The summed E-state index contributed by atoms with van der Waals surface area (Å²) < 4.78 is 0. The molecule has 1 aliphatic heterocycles. The average Bonchev–Trinajstić information content (AvgIpc) is 2.57. The smallest absolute Gasteiger partial charge is 0.269 e. The van der Waals surface area contributed by atoms with Gasteiger partial charge < -0.3 is 9.80 Å². The van der Waals surface area contributed by atoms with Crippen molar-refractivity contribution < 1.29 is 14.7 Å². The molecule has 6 heteroatoms. The molecule has 126 valence electrons. The van der Waals surface area contributed by atoms with Crippen LogP contribution in [0.1, 0.15) is 11.1 Å². The van der Waals surface area contributed by atoms with Crippen molar-refractivity contribution in [1.82, 2.24) is 0 Å². The average molecular weight is 348 g/mol. The Morgan fingerprint density at radius 1 is 0.917 bits per heavy atom. The van der Waals surface area contributed by atoms with Gasteiger partial charge in [0.2, 0.25) is 0 Å². The Balaban J connectivity index is 1.49. The topological polar surface area (TPSA) is 52.0 Å². The minimum Gasteiger partial charge on any atom is -0.322 e. The van der Waals surface area contributed by atoms with Crippen LogP contribution in [0.25, 0.3) is 0 Å². The largest absolute Gasteiger partial charge is 0.322 e. The Labute approximate surface area is 146 Å². The second kappa shape index (κ2) is 7.75. The van der Waals surface area contributed by atoms with Crippen LogP contribution < -0.4 is 9.80 Å². The second-order valence-electron chi connectivity index (χ2n) is 6.41. The summed E-state index contributed by atoms with van der Waals surface area (Å²) in [5.41, 5.74) is 2.61. The lowest BCUT2D eigenvalue weighted by Crippen LogP contribution is -3.27. The van der Waals surface area contributed by atoms with Gasteiger partial charge in [-0.3, -0.25) is 10.1 Å². The van der Waals surface area contributed by atoms with E-state index in [0.717, 1.165) is 49.9 Å². The third-order valence-corrected chi connectivity index (χ3v) is 4.84. The molecule has 0 spiro atoms. The highest BCUT2D eigenvalue weighted by molar-refractivity contribution is 6.30. The zero-order valence-corrected chi connectivity index (χ0v) is 14.3. The lowest BCUT2D eigenvalue weighted by Gasteiger charge is -2.29. The van der Waals surface area contributed by atoms with Crippen molar-refractivity contribution in [2.45, 2.75) is 13.1 Å². The summed E-state index contributed by atoms with van der Waals surface area (Å²) in [6, 6.07) is 15.0. The van der Waals surface area contributed by atoms with Gasteiger partial charge >= 0.3 is 0 Å². The molecule has 3 rings (SSSR count). The van der Waals surface area contributed by atoms with Crippen LogP contribution >= 0.6 is 11.6 Å². The van der Waals surface area contributed by atoms with Crippen LogP contribution in [0.3, 0.4) is 0 Å². The Hall–Kier alpha value is -1.95. The fourth-order valence-corrected chi connectivity index (χ4v) is 3.48. The standard InChI is InChI=1S/C18H20ClN3O2/c19-17-3-1-2-16(12-17)14-21-10-8-20(9-11-21)13-15-4-6-18(7-5-15)22(23)24/h1-7,12H,8-11,13-14H2/p+2. The number of hydrogen-bond donors (Lipinski definition) is 2. The molecule has 5 nitrogen and oxygen atoms in total. The molecule has 1 fully saturated rings. The molecular weight excluding hydrogens is 326 g/mol. The number of nitrogens with zero attached hydrogens (tertiary/aromatic N) is 1. The number of rotatable bonds is 5. The highest BCUT2D eigenvalue weighted by Crippen LogP contribution is 2.11. The summed E-state index contributed by atoms with van der Waals surface area (Å²) in [6.07, 6.45) is 0. The fraction of sp³-hybridized carbons (Fsp3) is 0.333. The molecule has 1 saturated heterocycles. The van der Waals surface area contributed by atoms with Crippen LogP contribution in [0.4, 0.5) is 5.69 Å². The zero-order valence-electron chi connectivity index (χ0n) is 13.5. The summed E-state index contributed by atoms with van der Waals surface area (Å²) >= 11 is 6.05. The van der Waals surface area contributed by atoms with Crippen LogP contribution in [-0.2, 0) is 13.1 Å². The molecule has 0 amide bonds. The number of piperazine rings is 1. The minimum atomic E-state index is -0.353. The van der Waals surface area contributed by atoms with E-state index in [-0.39, 0.29) is 10.6 Å². The number of benzene rings is 2. The highest BCUT2D eigenvalue weighted by Gasteiger charge is 2.23. The number of non-ortho nitro benzene ring substituents is 1. The summed E-state index contributed by atoms with van der Waals surface area (Å²) in [4.78, 5) is 13.5. The van der Waals surface area contributed by atoms with Gasteiger partial charge in [0.15, 0.2) is 0 Å². The third kappa shape index (κ3) is 4.54. The molecule has 1 heterocycles. The van der Waals surface area contributed by atoms with E-state index < -0.39 is 0 Å². The molecule has 0 aliphatic carbocycles. The van der Waals surface area contributed by atoms with Gasteiger partial charge in [0.1, 0.15) is 39.3 Å². The third-order valence-electron chi connectivity index (χ3n) is 4.61. The number of nitrogens with one attached hydrogen (secondary N) is 2. The van der Waals surface area contributed by atoms with E-state index >= 15 is 0 Å². The second-order valence-corrected chi connectivity index (χ2v) is 6.84. The lowest BCUT2D eigenvalue weighted by atomic mass is 10.1. The Bertz CT molecular complexity index is 698. The van der Waals surface area contributed by atoms with Gasteiger partial charge in [0.05, 0.1) is 4.92 Å². The summed E-state index contributed by atoms with van der Waals surface area (Å²) in [5.74, 6) is 0. The first-order chi connectivity index (χ1) is 11.6. The molecule has 0 bridgehead atoms. The van der Waals surface area contributed by atoms with Crippen molar-refractivity contribution in [2.24, 2.45) is 0 Å². The van der Waals surface area contributed by atoms with Crippen molar-refractivity contribution in [3.05, 3.63) is 74.8 Å². The molecule has 0 atom stereocenters. The van der Waals surface area contributed by atoms with E-state index in [1.165, 1.54) is 5.56 Å². The van der Waals surface area contributed by atoms with E-state index in [9.17, 15) is 10.1 Å². The Morgan fingerprint density at radius 2 is 1.50 bits per heavy atom. The normalized spacial score (nSPS) is 20.7. The monoisotopic (exact) mass is 347 g/mol. The van der Waals surface area contributed by atoms with Crippen LogP contribution in [0.5, 0.6) is 0 Å². The first-order valence-corrected chi connectivity index (χ1v) is 8.63. The first-order valence-electron chi connectivity index (χ1n) is 8.25. The van der Waals surface area contributed by atoms with E-state index in [2.05, 4.69) is 6.07 Å². The molecule has 2 aromatic rings. The van der Waals surface area contributed by atoms with Gasteiger partial charge in [0.25, 0.3) is 5.69 Å². The number of quaternary nitrogens is 2. The Morgan fingerprint density at radius 3 is 2.04 bits per heavy atom. The minimum absolute atomic E-state index is 0.157. The number of nitro groups is 1. The maximum absolute atomic E-state index is 10.7. The van der Waals surface area contributed by atoms with Gasteiger partial charge in [-0.25, -0.2) is 0 Å². The van der Waals surface area contributed by atoms with E-state index in [1.807, 2.05) is 30.3 Å². The summed E-state index contributed by atoms with van der Waals surface area (Å²) in [7, 11) is 0. The van der Waals surface area contributed by atoms with Crippen molar-refractivity contribution >= 4 is 17.3 Å². The Kier molecular flexibility index (Phi) is 5.45. The van der Waals surface area contributed by atoms with Crippen molar-refractivity contribution in [1.29, 1.82) is 0 Å². The van der Waals surface area contributed by atoms with Crippen LogP contribution in [0.15, 0.2) is 48.5 Å². The van der Waals surface area contributed by atoms with Crippen molar-refractivity contribution in [3.63, 3.8) is 0 Å². The van der Waals surface area contributed by atoms with Crippen LogP contribution in [-0.4, -0.2) is 31.1 Å². The molecule has 2 N–H and O–H groups in total. The van der Waals surface area contributed by atoms with E-state index in [0.29, 0.717) is 0 Å². The molecule has 1 aliphatic rings. The zero-order chi connectivity index (χ0) is 16.9. The van der Waals surface area contributed by atoms with Gasteiger partial charge in [-0.05, 0) is 24.3 Å². The van der Waals surface area contributed by atoms with E-state index in [1.54, 1.807) is 21.9 Å². The molecule has 0 unspecified atom stereocenters. The molecule has 0 radical (unpaired) electrons. The SMILES string of the molecule is O=[N+]([O-])c1ccc(C[NH+]2CC[NH+](Cc3cccc(Cl)c3)CC2)cc1. The molecule has 0 aromatic heterocycles. The molecule has 0 saturated carbocycles. The van der Waals surface area contributed by atoms with Gasteiger partial charge in [-0.1, -0.05) is 23.7 Å². The maximum atomic E-state index is 10.7. The summed E-state index contributed by atoms with van der Waals surface area (Å²) in [6.45, 7) is 6.46. The number of nitro benzene ring substituents is 1. The predicted molar refractivity (Wildman–Crippen MR) is 93.3 cm³/mol. The van der Waals surface area contributed by atoms with Crippen molar-refractivity contribution in [3.8, 4) is 0 Å². The quantitative estimate of drug-likeness (QED) is 0.619. The number of hydrogen-bond acceptors (Lipinski definition) is 2. The van der Waals surface area contributed by atoms with Crippen molar-refractivity contribution in [2.75, 3.05) is 26.2 Å². The maximum Gasteiger partial charge on any atom is 0.269 e. The van der Waals surface area contributed by atoms with Crippen LogP contribution in [0.2, 0.25) is 5.02 Å². The molecular formula is C18H22ClN3O2+2. The highest BCUT2D eigenvalue weighted by atomic mass is 35.5. The molecule has 24 heavy (non-hydrogen) atoms. The first kappa shape index (κ1) is 16.9. The molecule has 2 aromatic carbocycles. The van der Waals surface area contributed by atoms with Gasteiger partial charge in [-0.15, -0.1) is 0 Å². The van der Waals surface area contributed by atoms with Gasteiger partial charge in [0, 0.05) is 28.3 Å². The summed E-state index contributed by atoms with van der Waals surface area (Å²) in [5, 5.41) is 11.5. The number of halogens is 1. The lowest BCUT2D eigenvalue weighted by molar-refractivity contribution is -1.02. The van der Waals surface area contributed by atoms with Crippen LogP contribution in [0, 0.1) is 10.1 Å².